The lowest BCUT2D eigenvalue weighted by Crippen LogP contribution is -2.24. The number of nitrogens with one attached hydrogen (secondary N) is 2. The molecule has 0 aliphatic rings. The summed E-state index contributed by atoms with van der Waals surface area (Å²) in [7, 11) is 0. The largest absolute Gasteiger partial charge is 0.355 e. The fourth-order valence-corrected chi connectivity index (χ4v) is 2.47. The highest BCUT2D eigenvalue weighted by atomic mass is 19.1. The smallest absolute Gasteiger partial charge is 0.269 e. The maximum absolute atomic E-state index is 13.5. The van der Waals surface area contributed by atoms with Crippen LogP contribution in [-0.4, -0.2) is 32.4 Å². The number of rotatable bonds is 6. The molecule has 3 rings (SSSR count). The van der Waals surface area contributed by atoms with Gasteiger partial charge >= 0.3 is 0 Å². The van der Waals surface area contributed by atoms with E-state index in [1.807, 2.05) is 0 Å². The summed E-state index contributed by atoms with van der Waals surface area (Å²) in [6.45, 7) is 9.60. The number of fused-ring (bicyclic) bond motifs is 2. The van der Waals surface area contributed by atoms with Crippen molar-refractivity contribution < 1.29 is 4.39 Å². The molecular weight excluding hydrogens is 335 g/mol. The van der Waals surface area contributed by atoms with Crippen molar-refractivity contribution in [1.29, 1.82) is 0 Å². The quantitative estimate of drug-likeness (QED) is 0.659. The van der Waals surface area contributed by atoms with E-state index < -0.39 is 5.82 Å². The molecular formula is C18H23FN6O. The van der Waals surface area contributed by atoms with E-state index in [-0.39, 0.29) is 16.9 Å². The zero-order valence-electron chi connectivity index (χ0n) is 15.4. The molecule has 0 spiro atoms. The molecule has 0 saturated carbocycles. The fraction of sp³-hybridized carbons (Fsp3) is 0.444. The minimum Gasteiger partial charge on any atom is -0.355 e. The highest BCUT2D eigenvalue weighted by molar-refractivity contribution is 5.79. The molecule has 0 bridgehead atoms. The summed E-state index contributed by atoms with van der Waals surface area (Å²) in [4.78, 5) is 26.1. The van der Waals surface area contributed by atoms with E-state index in [0.29, 0.717) is 42.2 Å². The Bertz CT molecular complexity index is 998. The van der Waals surface area contributed by atoms with E-state index in [2.05, 4.69) is 53.3 Å². The third-order valence-corrected chi connectivity index (χ3v) is 3.78. The van der Waals surface area contributed by atoms with Gasteiger partial charge < -0.3 is 10.6 Å². The third kappa shape index (κ3) is 3.74. The number of halogens is 1. The van der Waals surface area contributed by atoms with Gasteiger partial charge in [-0.2, -0.15) is 9.97 Å². The van der Waals surface area contributed by atoms with Gasteiger partial charge in [-0.15, -0.1) is 0 Å². The molecule has 138 valence electrons. The average molecular weight is 358 g/mol. The van der Waals surface area contributed by atoms with Crippen LogP contribution in [0.1, 0.15) is 27.7 Å². The van der Waals surface area contributed by atoms with Gasteiger partial charge in [0.2, 0.25) is 17.7 Å². The van der Waals surface area contributed by atoms with E-state index in [4.69, 9.17) is 0 Å². The van der Waals surface area contributed by atoms with Crippen LogP contribution < -0.4 is 16.2 Å². The maximum atomic E-state index is 13.5. The topological polar surface area (TPSA) is 84.2 Å². The van der Waals surface area contributed by atoms with E-state index in [1.54, 1.807) is 0 Å². The van der Waals surface area contributed by atoms with E-state index in [9.17, 15) is 9.18 Å². The average Bonchev–Trinajstić information content (AvgIpc) is 2.57. The van der Waals surface area contributed by atoms with E-state index in [0.717, 1.165) is 0 Å². The first-order valence-electron chi connectivity index (χ1n) is 8.73. The molecule has 2 aromatic heterocycles. The zero-order chi connectivity index (χ0) is 18.8. The molecule has 0 radical (unpaired) electrons. The van der Waals surface area contributed by atoms with Crippen molar-refractivity contribution in [3.8, 4) is 0 Å². The Balaban J connectivity index is 2.21. The normalized spacial score (nSPS) is 11.7. The summed E-state index contributed by atoms with van der Waals surface area (Å²) in [5.74, 6) is 1.26. The monoisotopic (exact) mass is 358 g/mol. The molecule has 0 saturated heterocycles. The molecule has 0 unspecified atom stereocenters. The summed E-state index contributed by atoms with van der Waals surface area (Å²) in [6.07, 6.45) is 0. The molecule has 3 aromatic rings. The van der Waals surface area contributed by atoms with Crippen molar-refractivity contribution in [1.82, 2.24) is 19.4 Å². The number of benzene rings is 1. The Morgan fingerprint density at radius 1 is 1.04 bits per heavy atom. The fourth-order valence-electron chi connectivity index (χ4n) is 2.47. The van der Waals surface area contributed by atoms with E-state index in [1.165, 1.54) is 22.6 Å². The van der Waals surface area contributed by atoms with Crippen LogP contribution in [0.4, 0.5) is 16.3 Å². The number of nitrogens with zero attached hydrogens (tertiary/aromatic N) is 4. The van der Waals surface area contributed by atoms with Gasteiger partial charge in [-0.1, -0.05) is 27.7 Å². The molecule has 1 aromatic carbocycles. The van der Waals surface area contributed by atoms with Crippen LogP contribution in [0.25, 0.3) is 16.7 Å². The highest BCUT2D eigenvalue weighted by Crippen LogP contribution is 2.15. The minimum absolute atomic E-state index is 0.181. The van der Waals surface area contributed by atoms with Gasteiger partial charge in [0, 0.05) is 19.2 Å². The van der Waals surface area contributed by atoms with Gasteiger partial charge in [-0.05, 0) is 24.0 Å². The standard InChI is InChI=1S/C18H23FN6O/c1-10(2)8-20-16-23-17(21-9-11(3)4)25-15(26)13-6-5-12(19)7-14(13)22-18(25)24-16/h5-7,10-11H,8-9H2,1-4H3,(H2,20,21,22,23,24). The van der Waals surface area contributed by atoms with Crippen molar-refractivity contribution in [2.24, 2.45) is 11.8 Å². The van der Waals surface area contributed by atoms with Crippen LogP contribution in [0.3, 0.4) is 0 Å². The Kier molecular flexibility index (Phi) is 5.01. The van der Waals surface area contributed by atoms with Gasteiger partial charge in [0.15, 0.2) is 0 Å². The predicted octanol–water partition coefficient (Wildman–Crippen LogP) is 2.91. The van der Waals surface area contributed by atoms with Crippen molar-refractivity contribution in [3.05, 3.63) is 34.4 Å². The molecule has 0 aliphatic carbocycles. The molecule has 0 aliphatic heterocycles. The molecule has 2 heterocycles. The molecule has 8 heteroatoms. The lowest BCUT2D eigenvalue weighted by Gasteiger charge is -2.14. The van der Waals surface area contributed by atoms with Crippen LogP contribution in [-0.2, 0) is 0 Å². The van der Waals surface area contributed by atoms with Gasteiger partial charge in [0.05, 0.1) is 10.9 Å². The number of hydrogen-bond acceptors (Lipinski definition) is 6. The second kappa shape index (κ2) is 7.23. The first kappa shape index (κ1) is 18.0. The van der Waals surface area contributed by atoms with Crippen molar-refractivity contribution in [3.63, 3.8) is 0 Å². The second-order valence-corrected chi connectivity index (χ2v) is 7.13. The summed E-state index contributed by atoms with van der Waals surface area (Å²) in [6, 6.07) is 3.92. The molecule has 0 atom stereocenters. The van der Waals surface area contributed by atoms with Gasteiger partial charge in [0.1, 0.15) is 5.82 Å². The Morgan fingerprint density at radius 2 is 1.73 bits per heavy atom. The lowest BCUT2D eigenvalue weighted by molar-refractivity contribution is 0.629. The molecule has 0 fully saturated rings. The Labute approximate surface area is 150 Å². The van der Waals surface area contributed by atoms with Crippen LogP contribution in [0.2, 0.25) is 0 Å². The minimum atomic E-state index is -0.445. The maximum Gasteiger partial charge on any atom is 0.269 e. The Morgan fingerprint density at radius 3 is 2.42 bits per heavy atom. The van der Waals surface area contributed by atoms with Crippen LogP contribution in [0.15, 0.2) is 23.0 Å². The number of hydrogen-bond donors (Lipinski definition) is 2. The summed E-state index contributed by atoms with van der Waals surface area (Å²) in [5.41, 5.74) is -0.0509. The van der Waals surface area contributed by atoms with Gasteiger partial charge in [0.25, 0.3) is 5.56 Å². The number of anilines is 2. The van der Waals surface area contributed by atoms with E-state index >= 15 is 0 Å². The predicted molar refractivity (Wildman–Crippen MR) is 101 cm³/mol. The van der Waals surface area contributed by atoms with Crippen LogP contribution >= 0.6 is 0 Å². The Hall–Kier alpha value is -2.77. The molecule has 26 heavy (non-hydrogen) atoms. The van der Waals surface area contributed by atoms with Gasteiger partial charge in [-0.25, -0.2) is 13.8 Å². The van der Waals surface area contributed by atoms with Crippen molar-refractivity contribution in [2.45, 2.75) is 27.7 Å². The summed E-state index contributed by atoms with van der Waals surface area (Å²) in [5, 5.41) is 6.66. The number of aromatic nitrogens is 4. The lowest BCUT2D eigenvalue weighted by atomic mass is 10.2. The molecule has 0 amide bonds. The third-order valence-electron chi connectivity index (χ3n) is 3.78. The molecule has 2 N–H and O–H groups in total. The SMILES string of the molecule is CC(C)CNc1nc(NCC(C)C)n2c(=O)c3ccc(F)cc3nc2n1. The zero-order valence-corrected chi connectivity index (χ0v) is 15.4. The van der Waals surface area contributed by atoms with Crippen LogP contribution in [0, 0.1) is 17.7 Å². The van der Waals surface area contributed by atoms with Crippen molar-refractivity contribution in [2.75, 3.05) is 23.7 Å². The summed E-state index contributed by atoms with van der Waals surface area (Å²) >= 11 is 0. The van der Waals surface area contributed by atoms with Crippen LogP contribution in [0.5, 0.6) is 0 Å². The van der Waals surface area contributed by atoms with Crippen molar-refractivity contribution >= 4 is 28.6 Å². The highest BCUT2D eigenvalue weighted by Gasteiger charge is 2.14. The van der Waals surface area contributed by atoms with Gasteiger partial charge in [-0.3, -0.25) is 4.79 Å². The molecule has 7 nitrogen and oxygen atoms in total. The first-order valence-corrected chi connectivity index (χ1v) is 8.73. The summed E-state index contributed by atoms with van der Waals surface area (Å²) < 4.78 is 14.9. The second-order valence-electron chi connectivity index (χ2n) is 7.13. The first-order chi connectivity index (χ1) is 12.3.